The van der Waals surface area contributed by atoms with Gasteiger partial charge in [0.25, 0.3) is 5.56 Å². The lowest BCUT2D eigenvalue weighted by Crippen LogP contribution is -2.10. The Labute approximate surface area is 102 Å². The maximum atomic E-state index is 12.7. The van der Waals surface area contributed by atoms with E-state index < -0.39 is 0 Å². The van der Waals surface area contributed by atoms with Gasteiger partial charge in [0.15, 0.2) is 0 Å². The van der Waals surface area contributed by atoms with Crippen LogP contribution < -0.4 is 5.56 Å². The van der Waals surface area contributed by atoms with Gasteiger partial charge in [0.2, 0.25) is 0 Å². The van der Waals surface area contributed by atoms with Crippen LogP contribution in [0.4, 0.5) is 4.39 Å². The lowest BCUT2D eigenvalue weighted by Gasteiger charge is -2.02. The van der Waals surface area contributed by atoms with E-state index in [4.69, 9.17) is 0 Å². The van der Waals surface area contributed by atoms with E-state index in [0.29, 0.717) is 17.3 Å². The van der Waals surface area contributed by atoms with Crippen molar-refractivity contribution in [2.45, 2.75) is 17.6 Å². The standard InChI is InChI=1S/C12H11FN2OS/c1-8-6-12(16)15-11(14-8)7-17-10-4-2-9(13)3-5-10/h2-6H,7H2,1H3,(H,14,15,16). The van der Waals surface area contributed by atoms with Gasteiger partial charge in [-0.15, -0.1) is 11.8 Å². The molecule has 2 aromatic rings. The second kappa shape index (κ2) is 5.14. The van der Waals surface area contributed by atoms with Crippen molar-refractivity contribution in [2.75, 3.05) is 0 Å². The number of benzene rings is 1. The van der Waals surface area contributed by atoms with Gasteiger partial charge in [-0.05, 0) is 31.2 Å². The van der Waals surface area contributed by atoms with E-state index in [1.54, 1.807) is 19.1 Å². The highest BCUT2D eigenvalue weighted by Crippen LogP contribution is 2.20. The van der Waals surface area contributed by atoms with Gasteiger partial charge < -0.3 is 4.98 Å². The van der Waals surface area contributed by atoms with Gasteiger partial charge in [0.05, 0.1) is 5.75 Å². The van der Waals surface area contributed by atoms with Crippen LogP contribution in [-0.2, 0) is 5.75 Å². The highest BCUT2D eigenvalue weighted by atomic mass is 32.2. The van der Waals surface area contributed by atoms with Crippen LogP contribution in [0.3, 0.4) is 0 Å². The normalized spacial score (nSPS) is 10.5. The Kier molecular flexibility index (Phi) is 3.58. The molecule has 5 heteroatoms. The average Bonchev–Trinajstić information content (AvgIpc) is 2.27. The molecule has 1 aromatic heterocycles. The topological polar surface area (TPSA) is 45.8 Å². The van der Waals surface area contributed by atoms with Gasteiger partial charge in [-0.25, -0.2) is 9.37 Å². The summed E-state index contributed by atoms with van der Waals surface area (Å²) in [7, 11) is 0. The number of hydrogen-bond donors (Lipinski definition) is 1. The van der Waals surface area contributed by atoms with Crippen molar-refractivity contribution in [2.24, 2.45) is 0 Å². The Balaban J connectivity index is 2.07. The number of thioether (sulfide) groups is 1. The van der Waals surface area contributed by atoms with Crippen molar-refractivity contribution in [3.63, 3.8) is 0 Å². The average molecular weight is 250 g/mol. The molecular formula is C12H11FN2OS. The molecular weight excluding hydrogens is 239 g/mol. The molecule has 17 heavy (non-hydrogen) atoms. The summed E-state index contributed by atoms with van der Waals surface area (Å²) in [6.07, 6.45) is 0. The quantitative estimate of drug-likeness (QED) is 0.851. The summed E-state index contributed by atoms with van der Waals surface area (Å²) in [5, 5.41) is 0. The molecule has 0 fully saturated rings. The zero-order chi connectivity index (χ0) is 12.3. The van der Waals surface area contributed by atoms with Gasteiger partial charge in [0.1, 0.15) is 11.6 Å². The van der Waals surface area contributed by atoms with Crippen LogP contribution in [0.1, 0.15) is 11.5 Å². The number of aromatic nitrogens is 2. The Morgan fingerprint density at radius 3 is 2.71 bits per heavy atom. The molecule has 0 aliphatic heterocycles. The summed E-state index contributed by atoms with van der Waals surface area (Å²) in [4.78, 5) is 19.0. The second-order valence-corrected chi connectivity index (χ2v) is 4.62. The van der Waals surface area contributed by atoms with Crippen molar-refractivity contribution in [1.82, 2.24) is 9.97 Å². The Morgan fingerprint density at radius 2 is 2.06 bits per heavy atom. The van der Waals surface area contributed by atoms with Gasteiger partial charge in [-0.1, -0.05) is 0 Å². The minimum atomic E-state index is -0.253. The third kappa shape index (κ3) is 3.42. The molecule has 0 aliphatic rings. The third-order valence-corrected chi connectivity index (χ3v) is 3.13. The first-order valence-electron chi connectivity index (χ1n) is 5.09. The molecule has 0 unspecified atom stereocenters. The summed E-state index contributed by atoms with van der Waals surface area (Å²) < 4.78 is 12.7. The number of nitrogens with one attached hydrogen (secondary N) is 1. The van der Waals surface area contributed by atoms with E-state index >= 15 is 0 Å². The molecule has 0 saturated carbocycles. The molecule has 3 nitrogen and oxygen atoms in total. The van der Waals surface area contributed by atoms with Gasteiger partial charge in [0, 0.05) is 16.7 Å². The van der Waals surface area contributed by atoms with Crippen molar-refractivity contribution in [3.05, 3.63) is 58.0 Å². The zero-order valence-electron chi connectivity index (χ0n) is 9.24. The lowest BCUT2D eigenvalue weighted by molar-refractivity contribution is 0.626. The smallest absolute Gasteiger partial charge is 0.251 e. The van der Waals surface area contributed by atoms with Crippen LogP contribution in [0.25, 0.3) is 0 Å². The van der Waals surface area contributed by atoms with Crippen LogP contribution >= 0.6 is 11.8 Å². The van der Waals surface area contributed by atoms with E-state index in [9.17, 15) is 9.18 Å². The summed E-state index contributed by atoms with van der Waals surface area (Å²) in [6.45, 7) is 1.78. The number of rotatable bonds is 3. The van der Waals surface area contributed by atoms with Crippen molar-refractivity contribution < 1.29 is 4.39 Å². The molecule has 0 saturated heterocycles. The fraction of sp³-hybridized carbons (Fsp3) is 0.167. The van der Waals surface area contributed by atoms with Crippen LogP contribution in [-0.4, -0.2) is 9.97 Å². The van der Waals surface area contributed by atoms with Crippen LogP contribution in [0.15, 0.2) is 40.0 Å². The Bertz CT molecular complexity index is 565. The van der Waals surface area contributed by atoms with E-state index in [-0.39, 0.29) is 11.4 Å². The molecule has 0 spiro atoms. The first kappa shape index (κ1) is 11.9. The fourth-order valence-corrected chi connectivity index (χ4v) is 2.16. The number of aromatic amines is 1. The lowest BCUT2D eigenvalue weighted by atomic mass is 10.4. The minimum Gasteiger partial charge on any atom is -0.310 e. The highest BCUT2D eigenvalue weighted by Gasteiger charge is 2.00. The number of H-pyrrole nitrogens is 1. The van der Waals surface area contributed by atoms with Crippen molar-refractivity contribution in [3.8, 4) is 0 Å². The highest BCUT2D eigenvalue weighted by molar-refractivity contribution is 7.98. The van der Waals surface area contributed by atoms with E-state index in [2.05, 4.69) is 9.97 Å². The second-order valence-electron chi connectivity index (χ2n) is 3.58. The predicted molar refractivity (Wildman–Crippen MR) is 65.6 cm³/mol. The molecule has 0 atom stereocenters. The zero-order valence-corrected chi connectivity index (χ0v) is 10.1. The molecule has 0 radical (unpaired) electrons. The molecule has 1 heterocycles. The SMILES string of the molecule is Cc1cc(=O)[nH]c(CSc2ccc(F)cc2)n1. The maximum Gasteiger partial charge on any atom is 0.251 e. The monoisotopic (exact) mass is 250 g/mol. The summed E-state index contributed by atoms with van der Waals surface area (Å²) >= 11 is 1.50. The summed E-state index contributed by atoms with van der Waals surface area (Å²) in [5.41, 5.74) is 0.552. The molecule has 0 amide bonds. The van der Waals surface area contributed by atoms with E-state index in [1.165, 1.54) is 30.0 Å². The first-order valence-corrected chi connectivity index (χ1v) is 6.07. The molecule has 1 N–H and O–H groups in total. The summed E-state index contributed by atoms with van der Waals surface area (Å²) in [5.74, 6) is 0.934. The van der Waals surface area contributed by atoms with Crippen LogP contribution in [0.5, 0.6) is 0 Å². The Hall–Kier alpha value is -1.62. The van der Waals surface area contributed by atoms with Crippen LogP contribution in [0.2, 0.25) is 0 Å². The molecule has 1 aromatic carbocycles. The molecule has 2 rings (SSSR count). The third-order valence-electron chi connectivity index (χ3n) is 2.11. The van der Waals surface area contributed by atoms with Crippen molar-refractivity contribution >= 4 is 11.8 Å². The Morgan fingerprint density at radius 1 is 1.35 bits per heavy atom. The summed E-state index contributed by atoms with van der Waals surface area (Å²) in [6, 6.07) is 7.68. The van der Waals surface area contributed by atoms with E-state index in [1.807, 2.05) is 0 Å². The largest absolute Gasteiger partial charge is 0.310 e. The van der Waals surface area contributed by atoms with Crippen LogP contribution in [0, 0.1) is 12.7 Å². The molecule has 0 aliphatic carbocycles. The number of halogens is 1. The van der Waals surface area contributed by atoms with Crippen molar-refractivity contribution in [1.29, 1.82) is 0 Å². The number of nitrogens with zero attached hydrogens (tertiary/aromatic N) is 1. The number of hydrogen-bond acceptors (Lipinski definition) is 3. The first-order chi connectivity index (χ1) is 8.13. The maximum absolute atomic E-state index is 12.7. The van der Waals surface area contributed by atoms with Gasteiger partial charge in [-0.3, -0.25) is 4.79 Å². The van der Waals surface area contributed by atoms with E-state index in [0.717, 1.165) is 4.90 Å². The molecule has 0 bridgehead atoms. The minimum absolute atomic E-state index is 0.146. The number of aryl methyl sites for hydroxylation is 1. The van der Waals surface area contributed by atoms with Gasteiger partial charge >= 0.3 is 0 Å². The van der Waals surface area contributed by atoms with Gasteiger partial charge in [-0.2, -0.15) is 0 Å². The molecule has 88 valence electrons. The predicted octanol–water partition coefficient (Wildman–Crippen LogP) is 2.51. The fourth-order valence-electron chi connectivity index (χ4n) is 1.39.